The van der Waals surface area contributed by atoms with Crippen LogP contribution in [-0.4, -0.2) is 60.8 Å². The van der Waals surface area contributed by atoms with Gasteiger partial charge < -0.3 is 19.9 Å². The molecule has 166 valence electrons. The molecular formula is C24H30N2O5. The number of carboxylic acids is 1. The Morgan fingerprint density at radius 3 is 2.68 bits per heavy atom. The van der Waals surface area contributed by atoms with E-state index in [-0.39, 0.29) is 0 Å². The molecule has 0 atom stereocenters. The number of carbonyl (C=O) groups is 2. The van der Waals surface area contributed by atoms with Gasteiger partial charge in [-0.25, -0.2) is 0 Å². The number of nitrogens with zero attached hydrogens (tertiary/aromatic N) is 1. The number of amides is 1. The third kappa shape index (κ3) is 6.80. The summed E-state index contributed by atoms with van der Waals surface area (Å²) in [6.07, 6.45) is 0.603. The molecule has 0 saturated carbocycles. The van der Waals surface area contributed by atoms with E-state index in [1.165, 1.54) is 5.56 Å². The van der Waals surface area contributed by atoms with Crippen LogP contribution in [0.3, 0.4) is 0 Å². The van der Waals surface area contributed by atoms with Gasteiger partial charge in [0.1, 0.15) is 18.9 Å². The van der Waals surface area contributed by atoms with Crippen LogP contribution in [0.5, 0.6) is 5.75 Å². The maximum absolute atomic E-state index is 12.3. The van der Waals surface area contributed by atoms with Gasteiger partial charge in [-0.2, -0.15) is 0 Å². The van der Waals surface area contributed by atoms with Crippen LogP contribution in [0.1, 0.15) is 40.9 Å². The van der Waals surface area contributed by atoms with Crippen molar-refractivity contribution in [1.82, 2.24) is 10.2 Å². The standard InChI is InChI=1S/C24H30N2O5/c1-17(2)26-8-9-30-10-11-31-22-7-6-20(24(29)25-15-23(27)28)14-21(22)13-18-4-3-5-19(12-18)16-26/h3-7,12,14,17H,8-11,13,15-16H2,1-2H3,(H,25,29)(H,27,28). The predicted octanol–water partition coefficient (Wildman–Crippen LogP) is 2.71. The third-order valence-corrected chi connectivity index (χ3v) is 5.23. The summed E-state index contributed by atoms with van der Waals surface area (Å²) < 4.78 is 11.7. The second-order valence-electron chi connectivity index (χ2n) is 7.92. The first-order chi connectivity index (χ1) is 14.9. The summed E-state index contributed by atoms with van der Waals surface area (Å²) in [6, 6.07) is 14.0. The van der Waals surface area contributed by atoms with Crippen LogP contribution in [0.25, 0.3) is 0 Å². The Balaban J connectivity index is 1.88. The van der Waals surface area contributed by atoms with Crippen molar-refractivity contribution in [3.8, 4) is 5.75 Å². The first-order valence-electron chi connectivity index (χ1n) is 10.6. The number of carboxylic acid groups (broad SMARTS) is 1. The van der Waals surface area contributed by atoms with Crippen molar-refractivity contribution in [3.63, 3.8) is 0 Å². The van der Waals surface area contributed by atoms with E-state index in [0.717, 1.165) is 24.2 Å². The summed E-state index contributed by atoms with van der Waals surface area (Å²) in [5, 5.41) is 11.2. The molecule has 3 rings (SSSR count). The molecule has 0 aliphatic carbocycles. The van der Waals surface area contributed by atoms with E-state index in [1.54, 1.807) is 18.2 Å². The summed E-state index contributed by atoms with van der Waals surface area (Å²) in [4.78, 5) is 25.5. The van der Waals surface area contributed by atoms with Gasteiger partial charge in [-0.15, -0.1) is 0 Å². The molecule has 2 aromatic rings. The first-order valence-corrected chi connectivity index (χ1v) is 10.6. The fourth-order valence-electron chi connectivity index (χ4n) is 3.56. The molecule has 7 nitrogen and oxygen atoms in total. The zero-order valence-corrected chi connectivity index (χ0v) is 18.1. The molecule has 2 aromatic carbocycles. The number of rotatable bonds is 4. The van der Waals surface area contributed by atoms with Crippen molar-refractivity contribution < 1.29 is 24.2 Å². The Labute approximate surface area is 183 Å². The lowest BCUT2D eigenvalue weighted by atomic mass is 9.99. The molecule has 0 radical (unpaired) electrons. The van der Waals surface area contributed by atoms with E-state index in [9.17, 15) is 9.59 Å². The highest BCUT2D eigenvalue weighted by atomic mass is 16.5. The molecule has 1 aliphatic rings. The number of carbonyl (C=O) groups excluding carboxylic acids is 1. The van der Waals surface area contributed by atoms with Crippen molar-refractivity contribution in [2.24, 2.45) is 0 Å². The van der Waals surface area contributed by atoms with Gasteiger partial charge in [-0.05, 0) is 48.7 Å². The summed E-state index contributed by atoms with van der Waals surface area (Å²) in [5.74, 6) is -0.804. The number of benzene rings is 2. The Hall–Kier alpha value is -2.90. The number of aliphatic carboxylic acids is 1. The van der Waals surface area contributed by atoms with Crippen LogP contribution in [-0.2, 0) is 22.5 Å². The van der Waals surface area contributed by atoms with E-state index < -0.39 is 18.4 Å². The van der Waals surface area contributed by atoms with Crippen LogP contribution < -0.4 is 10.1 Å². The van der Waals surface area contributed by atoms with Crippen LogP contribution in [0, 0.1) is 0 Å². The van der Waals surface area contributed by atoms with Crippen LogP contribution in [0.2, 0.25) is 0 Å². The molecule has 0 unspecified atom stereocenters. The molecule has 0 aromatic heterocycles. The monoisotopic (exact) mass is 426 g/mol. The normalized spacial score (nSPS) is 15.5. The lowest BCUT2D eigenvalue weighted by molar-refractivity contribution is -0.135. The quantitative estimate of drug-likeness (QED) is 0.782. The van der Waals surface area contributed by atoms with Crippen LogP contribution >= 0.6 is 0 Å². The second kappa shape index (κ2) is 10.9. The molecule has 2 bridgehead atoms. The molecule has 7 heteroatoms. The highest BCUT2D eigenvalue weighted by Gasteiger charge is 2.15. The zero-order chi connectivity index (χ0) is 22.2. The Morgan fingerprint density at radius 1 is 1.10 bits per heavy atom. The van der Waals surface area contributed by atoms with Gasteiger partial charge in [-0.1, -0.05) is 24.3 Å². The van der Waals surface area contributed by atoms with Crippen LogP contribution in [0.4, 0.5) is 0 Å². The largest absolute Gasteiger partial charge is 0.491 e. The van der Waals surface area contributed by atoms with Gasteiger partial charge in [-0.3, -0.25) is 14.5 Å². The van der Waals surface area contributed by atoms with E-state index in [2.05, 4.69) is 48.3 Å². The highest BCUT2D eigenvalue weighted by molar-refractivity contribution is 5.96. The smallest absolute Gasteiger partial charge is 0.322 e. The van der Waals surface area contributed by atoms with Crippen LogP contribution in [0.15, 0.2) is 42.5 Å². The lowest BCUT2D eigenvalue weighted by Crippen LogP contribution is -2.33. The Morgan fingerprint density at radius 2 is 1.90 bits per heavy atom. The predicted molar refractivity (Wildman–Crippen MR) is 118 cm³/mol. The van der Waals surface area contributed by atoms with Crippen molar-refractivity contribution in [3.05, 3.63) is 64.7 Å². The fraction of sp³-hybridized carbons (Fsp3) is 0.417. The summed E-state index contributed by atoms with van der Waals surface area (Å²) >= 11 is 0. The number of hydrogen-bond donors (Lipinski definition) is 2. The minimum absolute atomic E-state index is 0.406. The molecule has 0 fully saturated rings. The van der Waals surface area contributed by atoms with Gasteiger partial charge in [0, 0.05) is 31.1 Å². The van der Waals surface area contributed by atoms with Gasteiger partial charge in [0.2, 0.25) is 0 Å². The first kappa shape index (κ1) is 22.8. The minimum Gasteiger partial charge on any atom is -0.491 e. The van der Waals surface area contributed by atoms with E-state index >= 15 is 0 Å². The Bertz CT molecular complexity index is 913. The summed E-state index contributed by atoms with van der Waals surface area (Å²) in [6.45, 7) is 7.18. The van der Waals surface area contributed by atoms with E-state index in [0.29, 0.717) is 43.6 Å². The maximum atomic E-state index is 12.3. The molecule has 0 spiro atoms. The number of ether oxygens (including phenoxy) is 2. The molecule has 1 heterocycles. The van der Waals surface area contributed by atoms with Crippen molar-refractivity contribution in [2.45, 2.75) is 32.9 Å². The number of hydrogen-bond acceptors (Lipinski definition) is 5. The molecule has 1 amide bonds. The van der Waals surface area contributed by atoms with E-state index in [4.69, 9.17) is 14.6 Å². The van der Waals surface area contributed by atoms with Gasteiger partial charge in [0.05, 0.1) is 13.2 Å². The molecular weight excluding hydrogens is 396 g/mol. The Kier molecular flexibility index (Phi) is 8.03. The molecule has 2 N–H and O–H groups in total. The maximum Gasteiger partial charge on any atom is 0.322 e. The van der Waals surface area contributed by atoms with Gasteiger partial charge >= 0.3 is 5.97 Å². The van der Waals surface area contributed by atoms with Gasteiger partial charge in [0.15, 0.2) is 0 Å². The lowest BCUT2D eigenvalue weighted by Gasteiger charge is -2.27. The average molecular weight is 427 g/mol. The zero-order valence-electron chi connectivity index (χ0n) is 18.1. The third-order valence-electron chi connectivity index (χ3n) is 5.23. The van der Waals surface area contributed by atoms with Crippen molar-refractivity contribution in [2.75, 3.05) is 32.9 Å². The molecule has 0 saturated heterocycles. The summed E-state index contributed by atoms with van der Waals surface area (Å²) in [5.41, 5.74) is 3.63. The number of fused-ring (bicyclic) bond motifs is 3. The van der Waals surface area contributed by atoms with Crippen molar-refractivity contribution >= 4 is 11.9 Å². The molecule has 1 aliphatic heterocycles. The minimum atomic E-state index is -1.08. The summed E-state index contributed by atoms with van der Waals surface area (Å²) in [7, 11) is 0. The average Bonchev–Trinajstić information content (AvgIpc) is 2.74. The van der Waals surface area contributed by atoms with Gasteiger partial charge in [0.25, 0.3) is 5.91 Å². The second-order valence-corrected chi connectivity index (χ2v) is 7.92. The SMILES string of the molecule is CC(C)N1CCOCCOc2ccc(C(=O)NCC(=O)O)cc2Cc2cccc(c2)C1. The van der Waals surface area contributed by atoms with Crippen molar-refractivity contribution in [1.29, 1.82) is 0 Å². The topological polar surface area (TPSA) is 88.1 Å². The fourth-order valence-corrected chi connectivity index (χ4v) is 3.56. The number of nitrogens with one attached hydrogen (secondary N) is 1. The van der Waals surface area contributed by atoms with E-state index in [1.807, 2.05) is 0 Å². The molecule has 31 heavy (non-hydrogen) atoms. The highest BCUT2D eigenvalue weighted by Crippen LogP contribution is 2.24.